The number of aliphatic imine (C=N–C) groups is 1. The Morgan fingerprint density at radius 2 is 2.22 bits per heavy atom. The summed E-state index contributed by atoms with van der Waals surface area (Å²) < 4.78 is 0. The number of pyridine rings is 1. The topological polar surface area (TPSA) is 43.8 Å². The monoisotopic (exact) mass is 361 g/mol. The number of guanidine groups is 1. The van der Waals surface area contributed by atoms with Gasteiger partial charge in [-0.25, -0.2) is 0 Å². The van der Waals surface area contributed by atoms with Crippen molar-refractivity contribution < 1.29 is 0 Å². The highest BCUT2D eigenvalue weighted by Gasteiger charge is 2.12. The van der Waals surface area contributed by atoms with E-state index in [0.29, 0.717) is 6.54 Å². The predicted molar refractivity (Wildman–Crippen MR) is 85.8 cm³/mol. The lowest BCUT2D eigenvalue weighted by atomic mass is 10.3. The molecule has 1 aliphatic rings. The zero-order valence-corrected chi connectivity index (χ0v) is 13.4. The van der Waals surface area contributed by atoms with Crippen molar-refractivity contribution >= 4 is 35.6 Å². The zero-order valence-electron chi connectivity index (χ0n) is 11.1. The van der Waals surface area contributed by atoms with E-state index in [0.717, 1.165) is 30.4 Å². The second-order valence-corrected chi connectivity index (χ2v) is 4.34. The molecule has 6 heteroatoms. The molecule has 0 unspecified atom stereocenters. The summed E-state index contributed by atoms with van der Waals surface area (Å²) in [5.41, 5.74) is 2.18. The highest BCUT2D eigenvalue weighted by molar-refractivity contribution is 14.0. The number of nitrogens with one attached hydrogen (secondary N) is 1. The Balaban J connectivity index is 0.00000162. The standard InChI is InChI=1S/C12H19N5.HI/c1-16(2)11-5-4-6-13-10(11)9-15-12-14-7-8-17(12)3;/h4-6H,7-9H2,1-3H3,(H,14,15);1H. The first-order chi connectivity index (χ1) is 8.18. The molecule has 1 aromatic heterocycles. The van der Waals surface area contributed by atoms with Crippen LogP contribution >= 0.6 is 24.0 Å². The molecule has 0 amide bonds. The molecule has 1 aromatic rings. The molecule has 1 aliphatic heterocycles. The van der Waals surface area contributed by atoms with Gasteiger partial charge >= 0.3 is 0 Å². The molecular formula is C12H20IN5. The lowest BCUT2D eigenvalue weighted by Crippen LogP contribution is -2.35. The van der Waals surface area contributed by atoms with Crippen LogP contribution in [0.15, 0.2) is 23.3 Å². The van der Waals surface area contributed by atoms with Gasteiger partial charge in [0.15, 0.2) is 5.96 Å². The average Bonchev–Trinajstić information content (AvgIpc) is 2.72. The molecule has 0 aliphatic carbocycles. The van der Waals surface area contributed by atoms with Crippen LogP contribution in [-0.4, -0.2) is 50.1 Å². The Morgan fingerprint density at radius 3 is 2.83 bits per heavy atom. The fraction of sp³-hybridized carbons (Fsp3) is 0.500. The van der Waals surface area contributed by atoms with Gasteiger partial charge in [0.1, 0.15) is 0 Å². The van der Waals surface area contributed by atoms with Crippen LogP contribution in [-0.2, 0) is 6.54 Å². The van der Waals surface area contributed by atoms with Crippen molar-refractivity contribution in [2.45, 2.75) is 6.54 Å². The SMILES string of the molecule is CN1CCN=C1NCc1ncccc1N(C)C.I. The van der Waals surface area contributed by atoms with Gasteiger partial charge in [-0.15, -0.1) is 24.0 Å². The van der Waals surface area contributed by atoms with Crippen molar-refractivity contribution in [2.75, 3.05) is 39.1 Å². The summed E-state index contributed by atoms with van der Waals surface area (Å²) in [6.45, 7) is 2.57. The number of likely N-dealkylation sites (N-methyl/N-ethyl adjacent to an activating group) is 1. The van der Waals surface area contributed by atoms with Crippen LogP contribution in [0.5, 0.6) is 0 Å². The van der Waals surface area contributed by atoms with E-state index in [9.17, 15) is 0 Å². The molecule has 0 spiro atoms. The fourth-order valence-corrected chi connectivity index (χ4v) is 1.86. The molecule has 0 saturated carbocycles. The molecule has 1 N–H and O–H groups in total. The summed E-state index contributed by atoms with van der Waals surface area (Å²) in [7, 11) is 6.10. The zero-order chi connectivity index (χ0) is 12.3. The molecule has 100 valence electrons. The van der Waals surface area contributed by atoms with E-state index in [1.165, 1.54) is 0 Å². The van der Waals surface area contributed by atoms with Gasteiger partial charge in [-0.2, -0.15) is 0 Å². The van der Waals surface area contributed by atoms with Crippen molar-refractivity contribution in [1.29, 1.82) is 0 Å². The van der Waals surface area contributed by atoms with Crippen LogP contribution in [0, 0.1) is 0 Å². The third-order valence-corrected chi connectivity index (χ3v) is 2.82. The molecule has 0 fully saturated rings. The Hall–Kier alpha value is -1.05. The van der Waals surface area contributed by atoms with Crippen molar-refractivity contribution in [3.63, 3.8) is 0 Å². The van der Waals surface area contributed by atoms with Gasteiger partial charge in [-0.1, -0.05) is 0 Å². The van der Waals surface area contributed by atoms with Crippen LogP contribution in [0.4, 0.5) is 5.69 Å². The highest BCUT2D eigenvalue weighted by Crippen LogP contribution is 2.14. The lowest BCUT2D eigenvalue weighted by Gasteiger charge is -2.19. The van der Waals surface area contributed by atoms with E-state index in [-0.39, 0.29) is 24.0 Å². The first-order valence-corrected chi connectivity index (χ1v) is 5.79. The summed E-state index contributed by atoms with van der Waals surface area (Å²) in [6, 6.07) is 4.03. The van der Waals surface area contributed by atoms with E-state index in [1.54, 1.807) is 0 Å². The number of hydrogen-bond donors (Lipinski definition) is 1. The van der Waals surface area contributed by atoms with Crippen molar-refractivity contribution in [1.82, 2.24) is 15.2 Å². The minimum absolute atomic E-state index is 0. The molecule has 18 heavy (non-hydrogen) atoms. The third-order valence-electron chi connectivity index (χ3n) is 2.82. The lowest BCUT2D eigenvalue weighted by molar-refractivity contribution is 0.533. The van der Waals surface area contributed by atoms with E-state index >= 15 is 0 Å². The molecule has 0 bridgehead atoms. The van der Waals surface area contributed by atoms with E-state index in [1.807, 2.05) is 33.4 Å². The predicted octanol–water partition coefficient (Wildman–Crippen LogP) is 1.16. The highest BCUT2D eigenvalue weighted by atomic mass is 127. The van der Waals surface area contributed by atoms with Crippen molar-refractivity contribution in [3.05, 3.63) is 24.0 Å². The Labute approximate surface area is 125 Å². The van der Waals surface area contributed by atoms with Gasteiger partial charge in [0.2, 0.25) is 0 Å². The molecule has 0 saturated heterocycles. The molecular weight excluding hydrogens is 341 g/mol. The minimum Gasteiger partial charge on any atom is -0.376 e. The Morgan fingerprint density at radius 1 is 1.44 bits per heavy atom. The van der Waals surface area contributed by atoms with E-state index in [4.69, 9.17) is 0 Å². The number of aromatic nitrogens is 1. The number of anilines is 1. The summed E-state index contributed by atoms with van der Waals surface area (Å²) in [6.07, 6.45) is 1.82. The Kier molecular flexibility index (Phi) is 5.64. The van der Waals surface area contributed by atoms with Crippen LogP contribution in [0.2, 0.25) is 0 Å². The van der Waals surface area contributed by atoms with Crippen LogP contribution in [0.25, 0.3) is 0 Å². The van der Waals surface area contributed by atoms with E-state index in [2.05, 4.69) is 31.2 Å². The first kappa shape index (κ1) is 15.0. The third kappa shape index (κ3) is 3.47. The summed E-state index contributed by atoms with van der Waals surface area (Å²) in [4.78, 5) is 13.0. The number of nitrogens with zero attached hydrogens (tertiary/aromatic N) is 4. The van der Waals surface area contributed by atoms with Gasteiger partial charge in [0.05, 0.1) is 24.5 Å². The average molecular weight is 361 g/mol. The second-order valence-electron chi connectivity index (χ2n) is 4.34. The smallest absolute Gasteiger partial charge is 0.194 e. The summed E-state index contributed by atoms with van der Waals surface area (Å²) >= 11 is 0. The quantitative estimate of drug-likeness (QED) is 0.821. The second kappa shape index (κ2) is 6.77. The Bertz CT molecular complexity index is 419. The summed E-state index contributed by atoms with van der Waals surface area (Å²) in [5, 5.41) is 3.33. The largest absolute Gasteiger partial charge is 0.376 e. The summed E-state index contributed by atoms with van der Waals surface area (Å²) in [5.74, 6) is 0.959. The number of hydrogen-bond acceptors (Lipinski definition) is 5. The molecule has 0 radical (unpaired) electrons. The van der Waals surface area contributed by atoms with Gasteiger partial charge < -0.3 is 15.1 Å². The molecule has 2 rings (SSSR count). The maximum atomic E-state index is 4.41. The van der Waals surface area contributed by atoms with Crippen LogP contribution in [0.1, 0.15) is 5.69 Å². The normalized spacial score (nSPS) is 13.9. The first-order valence-electron chi connectivity index (χ1n) is 5.79. The number of halogens is 1. The maximum Gasteiger partial charge on any atom is 0.194 e. The molecule has 0 atom stereocenters. The number of rotatable bonds is 3. The van der Waals surface area contributed by atoms with Gasteiger partial charge in [0, 0.05) is 33.9 Å². The van der Waals surface area contributed by atoms with Gasteiger partial charge in [0.25, 0.3) is 0 Å². The molecule has 2 heterocycles. The van der Waals surface area contributed by atoms with Crippen LogP contribution < -0.4 is 10.2 Å². The van der Waals surface area contributed by atoms with Gasteiger partial charge in [-0.3, -0.25) is 9.98 Å². The van der Waals surface area contributed by atoms with E-state index < -0.39 is 0 Å². The van der Waals surface area contributed by atoms with Gasteiger partial charge in [-0.05, 0) is 12.1 Å². The maximum absolute atomic E-state index is 4.41. The molecule has 0 aromatic carbocycles. The minimum atomic E-state index is 0. The molecule has 5 nitrogen and oxygen atoms in total. The van der Waals surface area contributed by atoms with Crippen LogP contribution in [0.3, 0.4) is 0 Å². The van der Waals surface area contributed by atoms with Crippen molar-refractivity contribution in [2.24, 2.45) is 4.99 Å². The van der Waals surface area contributed by atoms with Crippen molar-refractivity contribution in [3.8, 4) is 0 Å². The fourth-order valence-electron chi connectivity index (χ4n) is 1.86.